The molecule has 0 fully saturated rings. The molecule has 0 saturated carbocycles. The van der Waals surface area contributed by atoms with E-state index in [0.29, 0.717) is 16.2 Å². The number of phenols is 1. The van der Waals surface area contributed by atoms with E-state index in [0.717, 1.165) is 11.8 Å². The normalized spacial score (nSPS) is 16.8. The minimum Gasteiger partial charge on any atom is -0.504 e. The lowest BCUT2D eigenvalue weighted by atomic mass is 9.87. The Morgan fingerprint density at radius 3 is 2.92 bits per heavy atom. The molecule has 25 heavy (non-hydrogen) atoms. The van der Waals surface area contributed by atoms with Gasteiger partial charge in [0, 0.05) is 12.3 Å². The van der Waals surface area contributed by atoms with Gasteiger partial charge in [0.05, 0.1) is 36.1 Å². The van der Waals surface area contributed by atoms with Crippen molar-refractivity contribution in [2.24, 2.45) is 0 Å². The van der Waals surface area contributed by atoms with Crippen LogP contribution >= 0.6 is 11.8 Å². The first-order valence-electron chi connectivity index (χ1n) is 7.59. The van der Waals surface area contributed by atoms with E-state index in [1.807, 2.05) is 0 Å². The molecule has 1 atom stereocenters. The summed E-state index contributed by atoms with van der Waals surface area (Å²) in [6.45, 7) is 1.98. The number of amides is 1. The summed E-state index contributed by atoms with van der Waals surface area (Å²) in [5.74, 6) is -0.895. The number of hydrogen-bond donors (Lipinski definition) is 2. The Balaban J connectivity index is 2.33. The Labute approximate surface area is 149 Å². The highest BCUT2D eigenvalue weighted by atomic mass is 32.2. The van der Waals surface area contributed by atoms with Crippen molar-refractivity contribution in [2.75, 3.05) is 19.5 Å². The smallest absolute Gasteiger partial charge is 0.316 e. The Kier molecular flexibility index (Phi) is 6.31. The third-order valence-electron chi connectivity index (χ3n) is 3.60. The van der Waals surface area contributed by atoms with Crippen molar-refractivity contribution in [1.82, 2.24) is 5.32 Å². The van der Waals surface area contributed by atoms with Crippen molar-refractivity contribution in [3.63, 3.8) is 0 Å². The highest BCUT2D eigenvalue weighted by Gasteiger charge is 2.30. The summed E-state index contributed by atoms with van der Waals surface area (Å²) in [5.41, 5.74) is 1.04. The number of methoxy groups -OCH3 is 1. The minimum absolute atomic E-state index is 0.000250. The molecule has 1 heterocycles. The standard InChI is InChI=1S/C17H18N2O5S/c1-3-24-16(22)9-25-17-12(8-18)11(7-15(21)19-17)10-4-5-13(20)14(6-10)23-2/h4-6,11,20H,3,7,9H2,1-2H3,(H,19,21). The minimum atomic E-state index is -0.474. The van der Waals surface area contributed by atoms with E-state index in [2.05, 4.69) is 11.4 Å². The fourth-order valence-corrected chi connectivity index (χ4v) is 3.34. The van der Waals surface area contributed by atoms with Gasteiger partial charge in [0.15, 0.2) is 11.5 Å². The quantitative estimate of drug-likeness (QED) is 0.745. The van der Waals surface area contributed by atoms with Crippen LogP contribution in [0.2, 0.25) is 0 Å². The number of hydrogen-bond acceptors (Lipinski definition) is 7. The molecule has 0 aromatic heterocycles. The molecular weight excluding hydrogens is 344 g/mol. The Morgan fingerprint density at radius 2 is 2.28 bits per heavy atom. The van der Waals surface area contributed by atoms with Crippen molar-refractivity contribution in [3.05, 3.63) is 34.4 Å². The number of carbonyl (C=O) groups excluding carboxylic acids is 2. The first-order chi connectivity index (χ1) is 12.0. The fourth-order valence-electron chi connectivity index (χ4n) is 2.46. The summed E-state index contributed by atoms with van der Waals surface area (Å²) < 4.78 is 9.95. The number of carbonyl (C=O) groups is 2. The third kappa shape index (κ3) is 4.45. The van der Waals surface area contributed by atoms with Gasteiger partial charge in [0.2, 0.25) is 5.91 Å². The van der Waals surface area contributed by atoms with E-state index in [1.54, 1.807) is 19.1 Å². The van der Waals surface area contributed by atoms with Crippen LogP contribution in [0.3, 0.4) is 0 Å². The SMILES string of the molecule is CCOC(=O)CSC1=C(C#N)C(c2ccc(O)c(OC)c2)CC(=O)N1. The van der Waals surface area contributed by atoms with Gasteiger partial charge in [-0.2, -0.15) is 5.26 Å². The van der Waals surface area contributed by atoms with Gasteiger partial charge in [-0.3, -0.25) is 9.59 Å². The van der Waals surface area contributed by atoms with Crippen molar-refractivity contribution < 1.29 is 24.2 Å². The van der Waals surface area contributed by atoms with Crippen molar-refractivity contribution in [1.29, 1.82) is 5.26 Å². The molecule has 0 saturated heterocycles. The third-order valence-corrected chi connectivity index (χ3v) is 4.59. The van der Waals surface area contributed by atoms with Crippen molar-refractivity contribution in [3.8, 4) is 17.6 Å². The molecule has 1 aromatic carbocycles. The van der Waals surface area contributed by atoms with E-state index < -0.39 is 11.9 Å². The van der Waals surface area contributed by atoms with Gasteiger partial charge in [0.1, 0.15) is 0 Å². The maximum absolute atomic E-state index is 12.0. The Hall–Kier alpha value is -2.66. The number of thioether (sulfide) groups is 1. The number of phenolic OH excluding ortho intramolecular Hbond substituents is 1. The van der Waals surface area contributed by atoms with Gasteiger partial charge < -0.3 is 19.9 Å². The topological polar surface area (TPSA) is 109 Å². The van der Waals surface area contributed by atoms with Crippen LogP contribution in [0.4, 0.5) is 0 Å². The molecule has 0 aliphatic carbocycles. The van der Waals surface area contributed by atoms with Gasteiger partial charge >= 0.3 is 5.97 Å². The number of aromatic hydroxyl groups is 1. The highest BCUT2D eigenvalue weighted by molar-refractivity contribution is 8.03. The molecule has 1 amide bonds. The Morgan fingerprint density at radius 1 is 1.52 bits per heavy atom. The lowest BCUT2D eigenvalue weighted by Crippen LogP contribution is -2.31. The number of allylic oxidation sites excluding steroid dienone is 1. The average Bonchev–Trinajstić information content (AvgIpc) is 2.60. The first-order valence-corrected chi connectivity index (χ1v) is 8.58. The second-order valence-electron chi connectivity index (χ2n) is 5.18. The maximum atomic E-state index is 12.0. The van der Waals surface area contributed by atoms with Crippen LogP contribution in [0.1, 0.15) is 24.8 Å². The molecule has 1 unspecified atom stereocenters. The van der Waals surface area contributed by atoms with Crippen molar-refractivity contribution >= 4 is 23.6 Å². The van der Waals surface area contributed by atoms with Gasteiger partial charge in [0.25, 0.3) is 0 Å². The largest absolute Gasteiger partial charge is 0.504 e. The van der Waals surface area contributed by atoms with Crippen LogP contribution in [0.5, 0.6) is 11.5 Å². The molecule has 0 bridgehead atoms. The van der Waals surface area contributed by atoms with Crippen LogP contribution in [0.25, 0.3) is 0 Å². The average molecular weight is 362 g/mol. The number of benzene rings is 1. The lowest BCUT2D eigenvalue weighted by Gasteiger charge is -2.25. The van der Waals surface area contributed by atoms with Gasteiger partial charge in [-0.15, -0.1) is 0 Å². The number of esters is 1. The first kappa shape index (κ1) is 18.7. The maximum Gasteiger partial charge on any atom is 0.316 e. The van der Waals surface area contributed by atoms with Gasteiger partial charge in [-0.25, -0.2) is 0 Å². The summed E-state index contributed by atoms with van der Waals surface area (Å²) in [6, 6.07) is 6.82. The van der Waals surface area contributed by atoms with Crippen LogP contribution in [0.15, 0.2) is 28.8 Å². The number of rotatable bonds is 6. The van der Waals surface area contributed by atoms with E-state index in [4.69, 9.17) is 9.47 Å². The predicted molar refractivity (Wildman–Crippen MR) is 91.9 cm³/mol. The van der Waals surface area contributed by atoms with E-state index in [1.165, 1.54) is 13.2 Å². The second-order valence-corrected chi connectivity index (χ2v) is 6.17. The summed E-state index contributed by atoms with van der Waals surface area (Å²) in [5, 5.41) is 22.3. The van der Waals surface area contributed by atoms with Gasteiger partial charge in [-0.05, 0) is 24.6 Å². The summed E-state index contributed by atoms with van der Waals surface area (Å²) in [6.07, 6.45) is 0.0975. The lowest BCUT2D eigenvalue weighted by molar-refractivity contribution is -0.139. The summed E-state index contributed by atoms with van der Waals surface area (Å²) >= 11 is 1.06. The monoisotopic (exact) mass is 362 g/mol. The molecule has 0 spiro atoms. The predicted octanol–water partition coefficient (Wildman–Crippen LogP) is 2.04. The molecular formula is C17H18N2O5S. The molecule has 7 nitrogen and oxygen atoms in total. The van der Waals surface area contributed by atoms with Crippen LogP contribution in [0, 0.1) is 11.3 Å². The van der Waals surface area contributed by atoms with Crippen molar-refractivity contribution in [2.45, 2.75) is 19.3 Å². The molecule has 132 valence electrons. The van der Waals surface area contributed by atoms with Gasteiger partial charge in [-0.1, -0.05) is 17.8 Å². The number of nitrogens with one attached hydrogen (secondary N) is 1. The number of nitriles is 1. The molecule has 1 aliphatic rings. The molecule has 1 aliphatic heterocycles. The molecule has 8 heteroatoms. The van der Waals surface area contributed by atoms with Crippen LogP contribution < -0.4 is 10.1 Å². The summed E-state index contributed by atoms with van der Waals surface area (Å²) in [4.78, 5) is 23.6. The highest BCUT2D eigenvalue weighted by Crippen LogP contribution is 2.38. The van der Waals surface area contributed by atoms with Crippen LogP contribution in [-0.2, 0) is 14.3 Å². The summed E-state index contributed by atoms with van der Waals surface area (Å²) in [7, 11) is 1.42. The second kappa shape index (κ2) is 8.44. The van der Waals surface area contributed by atoms with E-state index in [-0.39, 0.29) is 36.2 Å². The zero-order valence-electron chi connectivity index (χ0n) is 13.9. The Bertz CT molecular complexity index is 754. The number of nitrogens with zero attached hydrogens (tertiary/aromatic N) is 1. The molecule has 2 rings (SSSR count). The number of ether oxygens (including phenoxy) is 2. The fraction of sp³-hybridized carbons (Fsp3) is 0.353. The van der Waals surface area contributed by atoms with E-state index in [9.17, 15) is 20.0 Å². The van der Waals surface area contributed by atoms with E-state index >= 15 is 0 Å². The zero-order chi connectivity index (χ0) is 18.4. The zero-order valence-corrected chi connectivity index (χ0v) is 14.7. The molecule has 2 N–H and O–H groups in total. The molecule has 1 aromatic rings. The molecule has 0 radical (unpaired) electrons. The van der Waals surface area contributed by atoms with Crippen LogP contribution in [-0.4, -0.2) is 36.5 Å².